The fraction of sp³-hybridized carbons (Fsp3) is 0.143. The first-order valence-electron chi connectivity index (χ1n) is 5.65. The Morgan fingerprint density at radius 3 is 2.47 bits per heavy atom. The molecule has 0 fully saturated rings. The predicted octanol–water partition coefficient (Wildman–Crippen LogP) is 4.17. The highest BCUT2D eigenvalue weighted by Crippen LogP contribution is 2.28. The van der Waals surface area contributed by atoms with Gasteiger partial charge >= 0.3 is 0 Å². The van der Waals surface area contributed by atoms with Crippen molar-refractivity contribution in [3.63, 3.8) is 0 Å². The Bertz CT molecular complexity index is 590. The average molecular weight is 300 g/mol. The summed E-state index contributed by atoms with van der Waals surface area (Å²) in [4.78, 5) is 0. The van der Waals surface area contributed by atoms with Crippen molar-refractivity contribution < 1.29 is 9.13 Å². The molecule has 2 N–H and O–H groups in total. The van der Waals surface area contributed by atoms with Crippen molar-refractivity contribution in [2.45, 2.75) is 13.2 Å². The molecular weight excluding hydrogens is 288 g/mol. The van der Waals surface area contributed by atoms with Crippen LogP contribution in [0.1, 0.15) is 11.1 Å². The zero-order chi connectivity index (χ0) is 13.8. The van der Waals surface area contributed by atoms with E-state index in [1.807, 2.05) is 0 Å². The van der Waals surface area contributed by atoms with Gasteiger partial charge in [0.2, 0.25) is 0 Å². The van der Waals surface area contributed by atoms with Gasteiger partial charge in [0.15, 0.2) is 0 Å². The van der Waals surface area contributed by atoms with Gasteiger partial charge in [-0.1, -0.05) is 29.3 Å². The molecule has 0 saturated carbocycles. The minimum atomic E-state index is -0.330. The first-order valence-corrected chi connectivity index (χ1v) is 6.40. The largest absolute Gasteiger partial charge is 0.487 e. The van der Waals surface area contributed by atoms with Crippen molar-refractivity contribution >= 4 is 23.2 Å². The number of benzene rings is 2. The molecule has 0 bridgehead atoms. The summed E-state index contributed by atoms with van der Waals surface area (Å²) in [5, 5.41) is 0.955. The Kier molecular flexibility index (Phi) is 4.64. The first kappa shape index (κ1) is 14.1. The summed E-state index contributed by atoms with van der Waals surface area (Å²) in [7, 11) is 0. The lowest BCUT2D eigenvalue weighted by atomic mass is 10.1. The van der Waals surface area contributed by atoms with Gasteiger partial charge in [0.25, 0.3) is 0 Å². The van der Waals surface area contributed by atoms with Gasteiger partial charge in [-0.05, 0) is 41.5 Å². The number of hydrogen-bond acceptors (Lipinski definition) is 2. The number of nitrogens with two attached hydrogens (primary N) is 1. The van der Waals surface area contributed by atoms with E-state index in [2.05, 4.69) is 0 Å². The van der Waals surface area contributed by atoms with Crippen molar-refractivity contribution in [2.75, 3.05) is 0 Å². The van der Waals surface area contributed by atoms with Gasteiger partial charge < -0.3 is 10.5 Å². The van der Waals surface area contributed by atoms with E-state index in [4.69, 9.17) is 33.7 Å². The maximum absolute atomic E-state index is 13.3. The number of rotatable bonds is 4. The molecule has 2 nitrogen and oxygen atoms in total. The smallest absolute Gasteiger partial charge is 0.138 e. The van der Waals surface area contributed by atoms with Crippen LogP contribution in [0.25, 0.3) is 0 Å². The predicted molar refractivity (Wildman–Crippen MR) is 75.1 cm³/mol. The van der Waals surface area contributed by atoms with Crippen LogP contribution in [0, 0.1) is 5.82 Å². The Morgan fingerprint density at radius 1 is 1.05 bits per heavy atom. The van der Waals surface area contributed by atoms with Gasteiger partial charge in [-0.25, -0.2) is 4.39 Å². The molecule has 0 unspecified atom stereocenters. The summed E-state index contributed by atoms with van der Waals surface area (Å²) in [5.74, 6) is 0.174. The Balaban J connectivity index is 2.12. The number of hydrogen-bond donors (Lipinski definition) is 1. The van der Waals surface area contributed by atoms with E-state index in [0.29, 0.717) is 21.4 Å². The van der Waals surface area contributed by atoms with Crippen LogP contribution in [0.3, 0.4) is 0 Å². The summed E-state index contributed by atoms with van der Waals surface area (Å²) in [6.45, 7) is 0.499. The molecule has 2 aromatic rings. The van der Waals surface area contributed by atoms with Crippen LogP contribution in [-0.4, -0.2) is 0 Å². The molecule has 0 aliphatic heterocycles. The lowest BCUT2D eigenvalue weighted by Gasteiger charge is -2.09. The Labute approximate surface area is 120 Å². The van der Waals surface area contributed by atoms with Crippen LogP contribution in [0.5, 0.6) is 5.75 Å². The normalized spacial score (nSPS) is 10.5. The molecule has 0 saturated heterocycles. The minimum absolute atomic E-state index is 0.214. The van der Waals surface area contributed by atoms with E-state index in [-0.39, 0.29) is 19.0 Å². The monoisotopic (exact) mass is 299 g/mol. The van der Waals surface area contributed by atoms with Crippen LogP contribution in [0.15, 0.2) is 36.4 Å². The lowest BCUT2D eigenvalue weighted by molar-refractivity contribution is 0.305. The van der Waals surface area contributed by atoms with Crippen molar-refractivity contribution in [1.82, 2.24) is 0 Å². The average Bonchev–Trinajstić information content (AvgIpc) is 2.37. The molecule has 100 valence electrons. The van der Waals surface area contributed by atoms with E-state index >= 15 is 0 Å². The molecule has 0 aromatic heterocycles. The Hall–Kier alpha value is -1.29. The molecule has 0 aliphatic rings. The summed E-state index contributed by atoms with van der Waals surface area (Å²) >= 11 is 11.8. The van der Waals surface area contributed by atoms with Crippen molar-refractivity contribution in [3.05, 3.63) is 63.4 Å². The lowest BCUT2D eigenvalue weighted by Crippen LogP contribution is -2.01. The molecule has 0 heterocycles. The molecule has 2 aromatic carbocycles. The maximum atomic E-state index is 13.3. The first-order chi connectivity index (χ1) is 9.08. The SMILES string of the molecule is NCc1cc(F)cc(COc2ccc(Cl)cc2Cl)c1. The molecule has 0 aliphatic carbocycles. The minimum Gasteiger partial charge on any atom is -0.487 e. The van der Waals surface area contributed by atoms with E-state index in [0.717, 1.165) is 5.56 Å². The summed E-state index contributed by atoms with van der Waals surface area (Å²) in [6, 6.07) is 9.55. The third-order valence-electron chi connectivity index (χ3n) is 2.54. The number of ether oxygens (including phenoxy) is 1. The molecule has 2 rings (SSSR count). The molecule has 0 amide bonds. The molecule has 19 heavy (non-hydrogen) atoms. The van der Waals surface area contributed by atoms with Gasteiger partial charge in [-0.3, -0.25) is 0 Å². The van der Waals surface area contributed by atoms with E-state index in [1.54, 1.807) is 24.3 Å². The van der Waals surface area contributed by atoms with Crippen LogP contribution in [0.4, 0.5) is 4.39 Å². The van der Waals surface area contributed by atoms with E-state index in [1.165, 1.54) is 12.1 Å². The Morgan fingerprint density at radius 2 is 1.79 bits per heavy atom. The van der Waals surface area contributed by atoms with Crippen molar-refractivity contribution in [2.24, 2.45) is 5.73 Å². The highest BCUT2D eigenvalue weighted by Gasteiger charge is 2.05. The second kappa shape index (κ2) is 6.24. The van der Waals surface area contributed by atoms with Crippen LogP contribution < -0.4 is 10.5 Å². The summed E-state index contributed by atoms with van der Waals surface area (Å²) < 4.78 is 18.9. The van der Waals surface area contributed by atoms with Gasteiger partial charge in [0.05, 0.1) is 5.02 Å². The third kappa shape index (κ3) is 3.83. The van der Waals surface area contributed by atoms with Gasteiger partial charge in [-0.2, -0.15) is 0 Å². The zero-order valence-corrected chi connectivity index (χ0v) is 11.5. The summed E-state index contributed by atoms with van der Waals surface area (Å²) in [6.07, 6.45) is 0. The topological polar surface area (TPSA) is 35.2 Å². The van der Waals surface area contributed by atoms with Gasteiger partial charge in [0.1, 0.15) is 18.2 Å². The fourth-order valence-corrected chi connectivity index (χ4v) is 2.13. The maximum Gasteiger partial charge on any atom is 0.138 e. The molecule has 5 heteroatoms. The van der Waals surface area contributed by atoms with Crippen molar-refractivity contribution in [1.29, 1.82) is 0 Å². The van der Waals surface area contributed by atoms with E-state index in [9.17, 15) is 4.39 Å². The van der Waals surface area contributed by atoms with Crippen LogP contribution in [-0.2, 0) is 13.2 Å². The highest BCUT2D eigenvalue weighted by atomic mass is 35.5. The fourth-order valence-electron chi connectivity index (χ4n) is 1.67. The second-order valence-electron chi connectivity index (χ2n) is 4.04. The van der Waals surface area contributed by atoms with E-state index < -0.39 is 0 Å². The molecule has 0 spiro atoms. The summed E-state index contributed by atoms with van der Waals surface area (Å²) in [5.41, 5.74) is 6.92. The third-order valence-corrected chi connectivity index (χ3v) is 3.07. The zero-order valence-electron chi connectivity index (χ0n) is 10.00. The number of halogens is 3. The molecular formula is C14H12Cl2FNO. The molecule has 0 atom stereocenters. The van der Waals surface area contributed by atoms with Crippen LogP contribution >= 0.6 is 23.2 Å². The van der Waals surface area contributed by atoms with Gasteiger partial charge in [0, 0.05) is 11.6 Å². The van der Waals surface area contributed by atoms with Crippen LogP contribution in [0.2, 0.25) is 10.0 Å². The van der Waals surface area contributed by atoms with Crippen molar-refractivity contribution in [3.8, 4) is 5.75 Å². The second-order valence-corrected chi connectivity index (χ2v) is 4.88. The quantitative estimate of drug-likeness (QED) is 0.919. The highest BCUT2D eigenvalue weighted by molar-refractivity contribution is 6.35. The standard InChI is InChI=1S/C14H12Cl2FNO/c15-11-1-2-14(13(16)6-11)19-8-10-3-9(7-18)4-12(17)5-10/h1-6H,7-8,18H2. The van der Waals surface area contributed by atoms with Gasteiger partial charge in [-0.15, -0.1) is 0 Å². The molecule has 0 radical (unpaired) electrons.